The summed E-state index contributed by atoms with van der Waals surface area (Å²) in [7, 11) is 2.78. The molecule has 2 heterocycles. The van der Waals surface area contributed by atoms with E-state index in [2.05, 4.69) is 0 Å². The van der Waals surface area contributed by atoms with Gasteiger partial charge in [-0.2, -0.15) is 0 Å². The third-order valence-electron chi connectivity index (χ3n) is 9.54. The van der Waals surface area contributed by atoms with E-state index < -0.39 is 45.2 Å². The predicted molar refractivity (Wildman–Crippen MR) is 139 cm³/mol. The standard InChI is InChI=1S/C28H30Cl2N2O6/c1-31-25(36)27(29)13-17-15(22(28(27,30)26(31)37)21-18(33)9-6-10-19(21)38-2)11-12-16-20(17)24(35)32(23(16)34)14-7-4-3-5-8-14/h6,9-11,14,16-17,20,22,33H,3-5,7-8,12-13H2,1-2H3/t16-,17+,20-,22+,27+,28-/m0/s1. The van der Waals surface area contributed by atoms with E-state index in [1.165, 1.54) is 25.1 Å². The van der Waals surface area contributed by atoms with Gasteiger partial charge < -0.3 is 9.84 Å². The molecular weight excluding hydrogens is 531 g/mol. The Balaban J connectivity index is 1.53. The van der Waals surface area contributed by atoms with Crippen LogP contribution in [0.3, 0.4) is 0 Å². The van der Waals surface area contributed by atoms with Crippen LogP contribution < -0.4 is 4.74 Å². The van der Waals surface area contributed by atoms with Crippen LogP contribution in [-0.4, -0.2) is 68.5 Å². The summed E-state index contributed by atoms with van der Waals surface area (Å²) in [6.45, 7) is 0. The number of carbonyl (C=O) groups excluding carboxylic acids is 4. The Morgan fingerprint density at radius 3 is 2.39 bits per heavy atom. The number of carbonyl (C=O) groups is 4. The highest BCUT2D eigenvalue weighted by atomic mass is 35.5. The second-order valence-electron chi connectivity index (χ2n) is 11.2. The van der Waals surface area contributed by atoms with Gasteiger partial charge in [-0.3, -0.25) is 29.0 Å². The van der Waals surface area contributed by atoms with Crippen molar-refractivity contribution < 1.29 is 29.0 Å². The summed E-state index contributed by atoms with van der Waals surface area (Å²) in [6, 6.07) is 4.59. The Morgan fingerprint density at radius 1 is 1.00 bits per heavy atom. The average molecular weight is 561 g/mol. The lowest BCUT2D eigenvalue weighted by molar-refractivity contribution is -0.144. The van der Waals surface area contributed by atoms with Gasteiger partial charge in [0.15, 0.2) is 9.75 Å². The van der Waals surface area contributed by atoms with E-state index in [0.29, 0.717) is 12.0 Å². The first-order valence-corrected chi connectivity index (χ1v) is 14.0. The molecule has 38 heavy (non-hydrogen) atoms. The van der Waals surface area contributed by atoms with Crippen LogP contribution in [0.25, 0.3) is 0 Å². The van der Waals surface area contributed by atoms with E-state index in [-0.39, 0.29) is 41.3 Å². The molecule has 4 fully saturated rings. The first kappa shape index (κ1) is 25.7. The van der Waals surface area contributed by atoms with E-state index in [1.807, 2.05) is 6.08 Å². The number of hydrogen-bond acceptors (Lipinski definition) is 6. The first-order valence-electron chi connectivity index (χ1n) is 13.2. The molecule has 202 valence electrons. The molecule has 1 aromatic rings. The number of benzene rings is 1. The normalized spacial score (nSPS) is 37.2. The van der Waals surface area contributed by atoms with E-state index in [1.54, 1.807) is 12.1 Å². The summed E-state index contributed by atoms with van der Waals surface area (Å²) < 4.78 is 5.57. The average Bonchev–Trinajstić information content (AvgIpc) is 3.24. The zero-order valence-electron chi connectivity index (χ0n) is 21.3. The van der Waals surface area contributed by atoms with Crippen LogP contribution in [0.1, 0.15) is 56.4 Å². The molecule has 1 N–H and O–H groups in total. The maximum atomic E-state index is 14.0. The molecule has 2 saturated carbocycles. The summed E-state index contributed by atoms with van der Waals surface area (Å²) in [5.74, 6) is -4.54. The molecule has 2 aliphatic heterocycles. The van der Waals surface area contributed by atoms with Crippen molar-refractivity contribution in [2.45, 2.75) is 66.7 Å². The maximum Gasteiger partial charge on any atom is 0.253 e. The van der Waals surface area contributed by atoms with Crippen molar-refractivity contribution in [3.05, 3.63) is 35.4 Å². The number of phenolic OH excluding ortho intramolecular Hbond substituents is 1. The molecule has 0 spiro atoms. The third kappa shape index (κ3) is 3.10. The van der Waals surface area contributed by atoms with Crippen LogP contribution >= 0.6 is 23.2 Å². The number of fused-ring (bicyclic) bond motifs is 4. The van der Waals surface area contributed by atoms with Crippen molar-refractivity contribution in [1.29, 1.82) is 0 Å². The van der Waals surface area contributed by atoms with Gasteiger partial charge in [0.2, 0.25) is 11.8 Å². The second kappa shape index (κ2) is 8.71. The van der Waals surface area contributed by atoms with Gasteiger partial charge in [-0.05, 0) is 43.7 Å². The second-order valence-corrected chi connectivity index (χ2v) is 12.5. The fourth-order valence-electron chi connectivity index (χ4n) is 7.79. The Labute approximate surface area is 230 Å². The van der Waals surface area contributed by atoms with Crippen LogP contribution in [0.15, 0.2) is 29.8 Å². The highest BCUT2D eigenvalue weighted by Crippen LogP contribution is 2.66. The van der Waals surface area contributed by atoms with E-state index >= 15 is 0 Å². The van der Waals surface area contributed by atoms with Crippen molar-refractivity contribution >= 4 is 46.8 Å². The summed E-state index contributed by atoms with van der Waals surface area (Å²) >= 11 is 14.3. The fraction of sp³-hybridized carbons (Fsp3) is 0.571. The number of allylic oxidation sites excluding steroid dienone is 2. The maximum absolute atomic E-state index is 14.0. The number of amides is 4. The molecule has 0 radical (unpaired) electrons. The zero-order valence-corrected chi connectivity index (χ0v) is 22.8. The quantitative estimate of drug-likeness (QED) is 0.343. The minimum atomic E-state index is -1.96. The van der Waals surface area contributed by atoms with Crippen LogP contribution in [0.5, 0.6) is 11.5 Å². The molecule has 4 amide bonds. The van der Waals surface area contributed by atoms with Crippen LogP contribution in [-0.2, 0) is 19.2 Å². The predicted octanol–water partition coefficient (Wildman–Crippen LogP) is 3.72. The van der Waals surface area contributed by atoms with E-state index in [4.69, 9.17) is 27.9 Å². The van der Waals surface area contributed by atoms with Gasteiger partial charge in [0.05, 0.1) is 18.9 Å². The molecule has 0 bridgehead atoms. The van der Waals surface area contributed by atoms with Crippen molar-refractivity contribution in [2.75, 3.05) is 14.2 Å². The van der Waals surface area contributed by atoms with Gasteiger partial charge in [0, 0.05) is 24.6 Å². The third-order valence-corrected chi connectivity index (χ3v) is 11.0. The number of halogens is 2. The summed E-state index contributed by atoms with van der Waals surface area (Å²) in [5.41, 5.74) is 0.877. The Kier molecular flexibility index (Phi) is 5.89. The monoisotopic (exact) mass is 560 g/mol. The molecule has 3 aliphatic carbocycles. The number of likely N-dealkylation sites (tertiary alicyclic amines) is 2. The van der Waals surface area contributed by atoms with Crippen molar-refractivity contribution in [1.82, 2.24) is 9.80 Å². The van der Waals surface area contributed by atoms with Crippen molar-refractivity contribution in [3.63, 3.8) is 0 Å². The molecular formula is C28H30Cl2N2O6. The minimum absolute atomic E-state index is 0.0656. The molecule has 0 aromatic heterocycles. The minimum Gasteiger partial charge on any atom is -0.508 e. The smallest absolute Gasteiger partial charge is 0.253 e. The van der Waals surface area contributed by atoms with Crippen LogP contribution in [0, 0.1) is 17.8 Å². The molecule has 5 aliphatic rings. The molecule has 8 nitrogen and oxygen atoms in total. The Hall–Kier alpha value is -2.58. The number of ether oxygens (including phenoxy) is 1. The number of aromatic hydroxyl groups is 1. The van der Waals surface area contributed by atoms with Crippen LogP contribution in [0.4, 0.5) is 0 Å². The Morgan fingerprint density at radius 2 is 1.71 bits per heavy atom. The van der Waals surface area contributed by atoms with Gasteiger partial charge in [-0.15, -0.1) is 23.2 Å². The molecule has 6 atom stereocenters. The highest BCUT2D eigenvalue weighted by molar-refractivity contribution is 6.53. The first-order chi connectivity index (χ1) is 18.1. The van der Waals surface area contributed by atoms with Gasteiger partial charge >= 0.3 is 0 Å². The molecule has 1 aromatic carbocycles. The lowest BCUT2D eigenvalue weighted by atomic mass is 9.56. The summed E-state index contributed by atoms with van der Waals surface area (Å²) in [4.78, 5) is 53.3. The van der Waals surface area contributed by atoms with Gasteiger partial charge in [0.25, 0.3) is 11.8 Å². The molecule has 10 heteroatoms. The molecule has 6 rings (SSSR count). The lowest BCUT2D eigenvalue weighted by Crippen LogP contribution is -2.60. The number of alkyl halides is 2. The van der Waals surface area contributed by atoms with Crippen molar-refractivity contribution in [2.24, 2.45) is 17.8 Å². The SMILES string of the molecule is COc1cccc(O)c1[C@H]1C2=CC[C@@H]3C(=O)N(C4CCCCC4)C(=O)[C@@H]3[C@@H]2C[C@@]2(Cl)C(=O)N(C)C(=O)[C@@]12Cl. The number of methoxy groups -OCH3 is 1. The number of phenols is 1. The number of imide groups is 2. The zero-order chi connectivity index (χ0) is 27.1. The molecule has 2 saturated heterocycles. The molecule has 0 unspecified atom stereocenters. The highest BCUT2D eigenvalue weighted by Gasteiger charge is 2.76. The summed E-state index contributed by atoms with van der Waals surface area (Å²) in [5, 5.41) is 11.0. The van der Waals surface area contributed by atoms with E-state index in [9.17, 15) is 24.3 Å². The van der Waals surface area contributed by atoms with Crippen LogP contribution in [0.2, 0.25) is 0 Å². The lowest BCUT2D eigenvalue weighted by Gasteiger charge is -2.51. The largest absolute Gasteiger partial charge is 0.508 e. The Bertz CT molecular complexity index is 1290. The topological polar surface area (TPSA) is 104 Å². The number of nitrogens with zero attached hydrogens (tertiary/aromatic N) is 2. The van der Waals surface area contributed by atoms with E-state index in [0.717, 1.165) is 37.0 Å². The number of hydrogen-bond donors (Lipinski definition) is 1. The van der Waals surface area contributed by atoms with Gasteiger partial charge in [-0.25, -0.2) is 0 Å². The van der Waals surface area contributed by atoms with Crippen molar-refractivity contribution in [3.8, 4) is 11.5 Å². The number of rotatable bonds is 3. The van der Waals surface area contributed by atoms with Gasteiger partial charge in [-0.1, -0.05) is 37.0 Å². The fourth-order valence-corrected chi connectivity index (χ4v) is 8.79. The van der Waals surface area contributed by atoms with Gasteiger partial charge in [0.1, 0.15) is 11.5 Å². The summed E-state index contributed by atoms with van der Waals surface area (Å²) in [6.07, 6.45) is 6.73.